The number of hydrogen-bond acceptors (Lipinski definition) is 4. The number of carboxylic acids is 1. The van der Waals surface area contributed by atoms with Gasteiger partial charge in [-0.05, 0) is 23.4 Å². The summed E-state index contributed by atoms with van der Waals surface area (Å²) < 4.78 is 39.0. The van der Waals surface area contributed by atoms with Gasteiger partial charge < -0.3 is 9.84 Å². The predicted molar refractivity (Wildman–Crippen MR) is 45.5 cm³/mol. The maximum Gasteiger partial charge on any atom is 0.573 e. The average molecular weight is 235 g/mol. The topological polar surface area (TPSA) is 76.0 Å². The van der Waals surface area contributed by atoms with Gasteiger partial charge in [0, 0.05) is 0 Å². The highest BCUT2D eigenvalue weighted by atomic mass is 19.4. The summed E-state index contributed by atoms with van der Waals surface area (Å²) in [7, 11) is 0. The summed E-state index contributed by atoms with van der Waals surface area (Å²) in [6.45, 7) is 0. The summed E-state index contributed by atoms with van der Waals surface area (Å²) in [6.07, 6.45) is -4.97. The number of rotatable bonds is 3. The summed E-state index contributed by atoms with van der Waals surface area (Å²) >= 11 is 0. The van der Waals surface area contributed by atoms with Crippen molar-refractivity contribution in [3.05, 3.63) is 28.7 Å². The van der Waals surface area contributed by atoms with E-state index in [1.807, 2.05) is 0 Å². The molecule has 0 aromatic heterocycles. The maximum absolute atomic E-state index is 11.8. The quantitative estimate of drug-likeness (QED) is 0.817. The van der Waals surface area contributed by atoms with Crippen LogP contribution in [0.1, 0.15) is 10.4 Å². The molecule has 0 saturated carbocycles. The highest BCUT2D eigenvalue weighted by molar-refractivity contribution is 5.89. The summed E-state index contributed by atoms with van der Waals surface area (Å²) in [4.78, 5) is 20.7. The lowest BCUT2D eigenvalue weighted by Gasteiger charge is -2.09. The van der Waals surface area contributed by atoms with Gasteiger partial charge in [-0.25, -0.2) is 4.79 Å². The van der Waals surface area contributed by atoms with Crippen molar-refractivity contribution in [2.45, 2.75) is 6.36 Å². The number of nitroso groups, excluding NO2 is 1. The first-order valence-corrected chi connectivity index (χ1v) is 3.80. The minimum Gasteiger partial charge on any atom is -0.478 e. The molecule has 16 heavy (non-hydrogen) atoms. The van der Waals surface area contributed by atoms with Gasteiger partial charge in [0.05, 0.1) is 5.56 Å². The molecule has 1 N–H and O–H groups in total. The van der Waals surface area contributed by atoms with E-state index in [4.69, 9.17) is 5.11 Å². The van der Waals surface area contributed by atoms with Gasteiger partial charge in [-0.1, -0.05) is 0 Å². The van der Waals surface area contributed by atoms with Gasteiger partial charge in [0.1, 0.15) is 0 Å². The molecule has 1 aromatic carbocycles. The molecule has 0 heterocycles. The molecule has 86 valence electrons. The first-order chi connectivity index (χ1) is 7.33. The fourth-order valence-electron chi connectivity index (χ4n) is 0.933. The van der Waals surface area contributed by atoms with Crippen molar-refractivity contribution in [2.75, 3.05) is 0 Å². The smallest absolute Gasteiger partial charge is 0.478 e. The number of benzene rings is 1. The van der Waals surface area contributed by atoms with Gasteiger partial charge in [-0.2, -0.15) is 0 Å². The summed E-state index contributed by atoms with van der Waals surface area (Å²) in [5.74, 6) is -2.23. The minimum absolute atomic E-state index is 0.357. The van der Waals surface area contributed by atoms with Crippen LogP contribution in [0.25, 0.3) is 0 Å². The van der Waals surface area contributed by atoms with Gasteiger partial charge in [0.15, 0.2) is 11.4 Å². The van der Waals surface area contributed by atoms with Crippen LogP contribution in [-0.2, 0) is 0 Å². The highest BCUT2D eigenvalue weighted by Crippen LogP contribution is 2.32. The molecule has 0 saturated heterocycles. The molecule has 0 fully saturated rings. The van der Waals surface area contributed by atoms with Gasteiger partial charge in [-0.15, -0.1) is 18.1 Å². The second-order valence-corrected chi connectivity index (χ2v) is 2.63. The fourth-order valence-corrected chi connectivity index (χ4v) is 0.933. The Hall–Kier alpha value is -2.12. The number of carboxylic acid groups (broad SMARTS) is 1. The number of ether oxygens (including phenoxy) is 1. The van der Waals surface area contributed by atoms with E-state index in [9.17, 15) is 22.9 Å². The van der Waals surface area contributed by atoms with Crippen LogP contribution in [0.3, 0.4) is 0 Å². The Labute approximate surface area is 86.4 Å². The highest BCUT2D eigenvalue weighted by Gasteiger charge is 2.32. The number of aromatic carboxylic acids is 1. The van der Waals surface area contributed by atoms with E-state index < -0.39 is 23.8 Å². The molecular weight excluding hydrogens is 231 g/mol. The molecule has 1 rings (SSSR count). The van der Waals surface area contributed by atoms with Crippen molar-refractivity contribution in [3.63, 3.8) is 0 Å². The molecule has 0 aliphatic carbocycles. The van der Waals surface area contributed by atoms with Crippen molar-refractivity contribution in [1.29, 1.82) is 0 Å². The Morgan fingerprint density at radius 3 is 2.44 bits per heavy atom. The van der Waals surface area contributed by atoms with E-state index in [0.717, 1.165) is 6.07 Å². The Kier molecular flexibility index (Phi) is 3.11. The van der Waals surface area contributed by atoms with Crippen LogP contribution in [0.2, 0.25) is 0 Å². The van der Waals surface area contributed by atoms with E-state index in [-0.39, 0.29) is 5.56 Å². The molecule has 0 unspecified atom stereocenters. The third-order valence-corrected chi connectivity index (χ3v) is 1.53. The second-order valence-electron chi connectivity index (χ2n) is 2.63. The largest absolute Gasteiger partial charge is 0.573 e. The van der Waals surface area contributed by atoms with Crippen LogP contribution in [-0.4, -0.2) is 17.4 Å². The number of nitrogens with zero attached hydrogens (tertiary/aromatic N) is 1. The third-order valence-electron chi connectivity index (χ3n) is 1.53. The molecule has 0 spiro atoms. The van der Waals surface area contributed by atoms with E-state index in [1.54, 1.807) is 0 Å². The molecule has 0 aliphatic rings. The van der Waals surface area contributed by atoms with E-state index >= 15 is 0 Å². The van der Waals surface area contributed by atoms with Crippen LogP contribution < -0.4 is 4.74 Å². The average Bonchev–Trinajstić information content (AvgIpc) is 2.15. The summed E-state index contributed by atoms with van der Waals surface area (Å²) in [5, 5.41) is 10.8. The Bertz CT molecular complexity index is 430. The maximum atomic E-state index is 11.8. The van der Waals surface area contributed by atoms with Crippen molar-refractivity contribution >= 4 is 11.7 Å². The molecule has 0 aliphatic heterocycles. The Balaban J connectivity index is 3.12. The lowest BCUT2D eigenvalue weighted by molar-refractivity contribution is -0.274. The molecule has 1 aromatic rings. The van der Waals surface area contributed by atoms with E-state index in [0.29, 0.717) is 12.1 Å². The van der Waals surface area contributed by atoms with Crippen LogP contribution in [0.5, 0.6) is 5.75 Å². The SMILES string of the molecule is O=Nc1cc(C(=O)O)ccc1OC(F)(F)F. The molecule has 5 nitrogen and oxygen atoms in total. The molecule has 0 radical (unpaired) electrons. The van der Waals surface area contributed by atoms with Crippen LogP contribution in [0, 0.1) is 4.91 Å². The second kappa shape index (κ2) is 4.17. The van der Waals surface area contributed by atoms with Crippen molar-refractivity contribution in [3.8, 4) is 5.75 Å². The van der Waals surface area contributed by atoms with E-state index in [2.05, 4.69) is 9.91 Å². The van der Waals surface area contributed by atoms with Crippen LogP contribution >= 0.6 is 0 Å². The zero-order valence-corrected chi connectivity index (χ0v) is 7.49. The first kappa shape index (κ1) is 12.0. The van der Waals surface area contributed by atoms with Gasteiger partial charge in [-0.3, -0.25) is 0 Å². The Morgan fingerprint density at radius 1 is 1.38 bits per heavy atom. The van der Waals surface area contributed by atoms with Crippen molar-refractivity contribution in [2.24, 2.45) is 5.18 Å². The fraction of sp³-hybridized carbons (Fsp3) is 0.125. The third kappa shape index (κ3) is 2.94. The lowest BCUT2D eigenvalue weighted by atomic mass is 10.2. The minimum atomic E-state index is -4.97. The van der Waals surface area contributed by atoms with Crippen molar-refractivity contribution in [1.82, 2.24) is 0 Å². The molecular formula is C8H4F3NO4. The Morgan fingerprint density at radius 2 is 2.00 bits per heavy atom. The molecule has 0 atom stereocenters. The number of halogens is 3. The summed E-state index contributed by atoms with van der Waals surface area (Å²) in [5.41, 5.74) is -1.08. The normalized spacial score (nSPS) is 10.9. The number of carbonyl (C=O) groups is 1. The molecule has 0 amide bonds. The zero-order valence-electron chi connectivity index (χ0n) is 7.49. The van der Waals surface area contributed by atoms with Gasteiger partial charge in [0.25, 0.3) is 0 Å². The summed E-state index contributed by atoms with van der Waals surface area (Å²) in [6, 6.07) is 2.28. The molecule has 8 heteroatoms. The van der Waals surface area contributed by atoms with Crippen LogP contribution in [0.15, 0.2) is 23.4 Å². The van der Waals surface area contributed by atoms with Crippen molar-refractivity contribution < 1.29 is 27.8 Å². The lowest BCUT2D eigenvalue weighted by Crippen LogP contribution is -2.17. The van der Waals surface area contributed by atoms with Gasteiger partial charge in [0.2, 0.25) is 0 Å². The number of hydrogen-bond donors (Lipinski definition) is 1. The monoisotopic (exact) mass is 235 g/mol. The standard InChI is InChI=1S/C8H4F3NO4/c9-8(10,11)16-6-2-1-4(7(13)14)3-5(6)12-15/h1-3H,(H,13,14). The number of alkyl halides is 3. The van der Waals surface area contributed by atoms with E-state index in [1.165, 1.54) is 0 Å². The first-order valence-electron chi connectivity index (χ1n) is 3.80. The molecule has 0 bridgehead atoms. The van der Waals surface area contributed by atoms with Crippen LogP contribution in [0.4, 0.5) is 18.9 Å². The van der Waals surface area contributed by atoms with Gasteiger partial charge >= 0.3 is 12.3 Å². The predicted octanol–water partition coefficient (Wildman–Crippen LogP) is 2.68. The zero-order chi connectivity index (χ0) is 12.3.